The largest absolute Gasteiger partial charge is 0.233 e. The zero-order valence-corrected chi connectivity index (χ0v) is 16.8. The second-order valence-electron chi connectivity index (χ2n) is 8.53. The third-order valence-corrected chi connectivity index (χ3v) is 5.99. The van der Waals surface area contributed by atoms with Crippen LogP contribution in [0.2, 0.25) is 0 Å². The lowest BCUT2D eigenvalue weighted by atomic mass is 9.82. The number of benzene rings is 3. The smallest absolute Gasteiger partial charge is 0.132 e. The van der Waals surface area contributed by atoms with Crippen LogP contribution in [-0.4, -0.2) is 9.97 Å². The van der Waals surface area contributed by atoms with E-state index in [1.165, 1.54) is 27.8 Å². The first-order chi connectivity index (χ1) is 13.5. The van der Waals surface area contributed by atoms with Crippen molar-refractivity contribution in [1.82, 2.24) is 9.97 Å². The lowest BCUT2D eigenvalue weighted by molar-refractivity contribution is 0.660. The monoisotopic (exact) mass is 364 g/mol. The van der Waals surface area contributed by atoms with Gasteiger partial charge in [-0.2, -0.15) is 0 Å². The summed E-state index contributed by atoms with van der Waals surface area (Å²) in [6, 6.07) is 23.9. The van der Waals surface area contributed by atoms with E-state index in [9.17, 15) is 0 Å². The molecular weight excluding hydrogens is 340 g/mol. The molecule has 0 amide bonds. The zero-order chi connectivity index (χ0) is 19.5. The highest BCUT2D eigenvalue weighted by atomic mass is 14.9. The van der Waals surface area contributed by atoms with Gasteiger partial charge in [-0.25, -0.2) is 9.97 Å². The zero-order valence-electron chi connectivity index (χ0n) is 16.8. The minimum absolute atomic E-state index is 0.00829. The molecular formula is C26H24N2. The van der Waals surface area contributed by atoms with Crippen LogP contribution in [0.4, 0.5) is 0 Å². The van der Waals surface area contributed by atoms with Crippen molar-refractivity contribution in [3.8, 4) is 22.4 Å². The summed E-state index contributed by atoms with van der Waals surface area (Å²) < 4.78 is 0. The van der Waals surface area contributed by atoms with Gasteiger partial charge < -0.3 is 0 Å². The molecule has 0 unspecified atom stereocenters. The van der Waals surface area contributed by atoms with Gasteiger partial charge in [0.05, 0.1) is 11.2 Å². The predicted molar refractivity (Wildman–Crippen MR) is 117 cm³/mol. The molecule has 138 valence electrons. The van der Waals surface area contributed by atoms with Crippen LogP contribution in [0.25, 0.3) is 33.3 Å². The maximum atomic E-state index is 4.98. The molecule has 0 radical (unpaired) electrons. The molecule has 0 saturated heterocycles. The molecule has 28 heavy (non-hydrogen) atoms. The first kappa shape index (κ1) is 17.1. The molecule has 0 fully saturated rings. The summed E-state index contributed by atoms with van der Waals surface area (Å²) in [6.07, 6.45) is 0. The summed E-state index contributed by atoms with van der Waals surface area (Å²) in [5.74, 6) is 1.19. The summed E-state index contributed by atoms with van der Waals surface area (Å²) in [5.41, 5.74) is 8.67. The molecule has 0 N–H and O–H groups in total. The van der Waals surface area contributed by atoms with Gasteiger partial charge in [-0.15, -0.1) is 0 Å². The van der Waals surface area contributed by atoms with Gasteiger partial charge in [0, 0.05) is 22.3 Å². The van der Waals surface area contributed by atoms with Gasteiger partial charge in [-0.3, -0.25) is 0 Å². The Morgan fingerprint density at radius 3 is 2.29 bits per heavy atom. The summed E-state index contributed by atoms with van der Waals surface area (Å²) in [6.45, 7) is 8.94. The van der Waals surface area contributed by atoms with Crippen LogP contribution in [0.15, 0.2) is 66.7 Å². The van der Waals surface area contributed by atoms with E-state index in [1.54, 1.807) is 0 Å². The number of rotatable bonds is 2. The standard InChI is InChI=1S/C26H24N2/c1-16(2)25-27-23-12-8-6-10-20(23)24(28-25)17-13-14-19-18-9-5-7-11-21(18)26(3,4)22(19)15-17/h5-16H,1-4H3. The Kier molecular flexibility index (Phi) is 3.67. The fraction of sp³-hybridized carbons (Fsp3) is 0.231. The van der Waals surface area contributed by atoms with Crippen LogP contribution in [0.5, 0.6) is 0 Å². The first-order valence-corrected chi connectivity index (χ1v) is 9.98. The molecule has 2 heteroatoms. The van der Waals surface area contributed by atoms with Gasteiger partial charge in [0.25, 0.3) is 0 Å². The van der Waals surface area contributed by atoms with E-state index in [2.05, 4.69) is 88.4 Å². The minimum Gasteiger partial charge on any atom is -0.233 e. The van der Waals surface area contributed by atoms with Gasteiger partial charge in [0.1, 0.15) is 5.82 Å². The van der Waals surface area contributed by atoms with E-state index >= 15 is 0 Å². The number of nitrogens with zero attached hydrogens (tertiary/aromatic N) is 2. The Morgan fingerprint density at radius 1 is 0.750 bits per heavy atom. The van der Waals surface area contributed by atoms with E-state index in [0.717, 1.165) is 22.4 Å². The van der Waals surface area contributed by atoms with Gasteiger partial charge >= 0.3 is 0 Å². The van der Waals surface area contributed by atoms with Crippen molar-refractivity contribution in [3.05, 3.63) is 83.7 Å². The number of fused-ring (bicyclic) bond motifs is 4. The number of para-hydroxylation sites is 1. The Bertz CT molecular complexity index is 1220. The normalized spacial score (nSPS) is 14.3. The molecule has 0 saturated carbocycles. The molecule has 1 aromatic heterocycles. The topological polar surface area (TPSA) is 25.8 Å². The maximum Gasteiger partial charge on any atom is 0.132 e. The fourth-order valence-corrected chi connectivity index (χ4v) is 4.42. The molecule has 2 nitrogen and oxygen atoms in total. The van der Waals surface area contributed by atoms with Crippen molar-refractivity contribution in [2.24, 2.45) is 0 Å². The molecule has 0 spiro atoms. The molecule has 0 atom stereocenters. The molecule has 4 aromatic rings. The van der Waals surface area contributed by atoms with Gasteiger partial charge in [0.2, 0.25) is 0 Å². The lowest BCUT2D eigenvalue weighted by Crippen LogP contribution is -2.15. The quantitative estimate of drug-likeness (QED) is 0.394. The Morgan fingerprint density at radius 2 is 1.46 bits per heavy atom. The average molecular weight is 364 g/mol. The van der Waals surface area contributed by atoms with Crippen LogP contribution in [0, 0.1) is 0 Å². The Labute approximate surface area is 166 Å². The van der Waals surface area contributed by atoms with E-state index in [1.807, 2.05) is 6.07 Å². The van der Waals surface area contributed by atoms with Crippen molar-refractivity contribution >= 4 is 10.9 Å². The van der Waals surface area contributed by atoms with Crippen molar-refractivity contribution in [3.63, 3.8) is 0 Å². The molecule has 1 aliphatic rings. The molecule has 5 rings (SSSR count). The fourth-order valence-electron chi connectivity index (χ4n) is 4.42. The highest BCUT2D eigenvalue weighted by Gasteiger charge is 2.35. The summed E-state index contributed by atoms with van der Waals surface area (Å²) in [7, 11) is 0. The molecule has 0 aliphatic heterocycles. The molecule has 3 aromatic carbocycles. The van der Waals surface area contributed by atoms with Crippen molar-refractivity contribution < 1.29 is 0 Å². The first-order valence-electron chi connectivity index (χ1n) is 9.98. The minimum atomic E-state index is -0.00829. The summed E-state index contributed by atoms with van der Waals surface area (Å²) >= 11 is 0. The van der Waals surface area contributed by atoms with Crippen molar-refractivity contribution in [1.29, 1.82) is 0 Å². The molecule has 1 heterocycles. The molecule has 1 aliphatic carbocycles. The van der Waals surface area contributed by atoms with Crippen LogP contribution < -0.4 is 0 Å². The van der Waals surface area contributed by atoms with Gasteiger partial charge in [-0.1, -0.05) is 82.3 Å². The van der Waals surface area contributed by atoms with E-state index in [-0.39, 0.29) is 5.41 Å². The Balaban J connectivity index is 1.76. The summed E-state index contributed by atoms with van der Waals surface area (Å²) in [5, 5.41) is 1.11. The van der Waals surface area contributed by atoms with Crippen LogP contribution in [0.1, 0.15) is 50.6 Å². The van der Waals surface area contributed by atoms with Crippen LogP contribution in [-0.2, 0) is 5.41 Å². The highest BCUT2D eigenvalue weighted by Crippen LogP contribution is 2.49. The number of aromatic nitrogens is 2. The average Bonchev–Trinajstić information content (AvgIpc) is 2.94. The number of hydrogen-bond donors (Lipinski definition) is 0. The number of hydrogen-bond acceptors (Lipinski definition) is 2. The predicted octanol–water partition coefficient (Wildman–Crippen LogP) is 6.73. The SMILES string of the molecule is CC(C)c1nc(-c2ccc3c(c2)C(C)(C)c2ccccc2-3)c2ccccc2n1. The second kappa shape index (κ2) is 6.00. The third kappa shape index (κ3) is 2.41. The maximum absolute atomic E-state index is 4.98. The second-order valence-corrected chi connectivity index (χ2v) is 8.53. The van der Waals surface area contributed by atoms with Crippen LogP contribution >= 0.6 is 0 Å². The van der Waals surface area contributed by atoms with Gasteiger partial charge in [-0.05, 0) is 34.4 Å². The van der Waals surface area contributed by atoms with Crippen LogP contribution in [0.3, 0.4) is 0 Å². The van der Waals surface area contributed by atoms with E-state index in [4.69, 9.17) is 9.97 Å². The Hall–Kier alpha value is -3.00. The third-order valence-electron chi connectivity index (χ3n) is 5.99. The van der Waals surface area contributed by atoms with Crippen molar-refractivity contribution in [2.45, 2.75) is 39.0 Å². The lowest BCUT2D eigenvalue weighted by Gasteiger charge is -2.22. The van der Waals surface area contributed by atoms with Crippen molar-refractivity contribution in [2.75, 3.05) is 0 Å². The molecule has 0 bridgehead atoms. The van der Waals surface area contributed by atoms with Gasteiger partial charge in [0.15, 0.2) is 0 Å². The highest BCUT2D eigenvalue weighted by molar-refractivity contribution is 5.93. The van der Waals surface area contributed by atoms with E-state index in [0.29, 0.717) is 5.92 Å². The van der Waals surface area contributed by atoms with E-state index < -0.39 is 0 Å². The summed E-state index contributed by atoms with van der Waals surface area (Å²) in [4.78, 5) is 9.77.